The van der Waals surface area contributed by atoms with Gasteiger partial charge in [-0.2, -0.15) is 43.1 Å². The first-order valence-electron chi connectivity index (χ1n) is 43.8. The Balaban J connectivity index is 0.000000128. The van der Waals surface area contributed by atoms with Crippen LogP contribution in [0.3, 0.4) is 0 Å². The fourth-order valence-electron chi connectivity index (χ4n) is 14.7. The van der Waals surface area contributed by atoms with E-state index in [0.717, 1.165) is 87.1 Å². The summed E-state index contributed by atoms with van der Waals surface area (Å²) in [6, 6.07) is 61.2. The van der Waals surface area contributed by atoms with Crippen LogP contribution in [0.4, 0.5) is 13.2 Å². The quantitative estimate of drug-likeness (QED) is 0.0587. The molecule has 12 aromatic heterocycles. The van der Waals surface area contributed by atoms with Crippen molar-refractivity contribution < 1.29 is 49.8 Å². The lowest BCUT2D eigenvalue weighted by Crippen LogP contribution is -2.04. The van der Waals surface area contributed by atoms with Crippen molar-refractivity contribution in [2.45, 2.75) is 150 Å². The number of aryl methyl sites for hydroxylation is 1. The van der Waals surface area contributed by atoms with E-state index in [0.29, 0.717) is 101 Å². The number of halogens is 4. The van der Waals surface area contributed by atoms with Crippen LogP contribution < -0.4 is 9.47 Å². The summed E-state index contributed by atoms with van der Waals surface area (Å²) in [6.07, 6.45) is 23.9. The summed E-state index contributed by atoms with van der Waals surface area (Å²) in [7, 11) is 0. The predicted molar refractivity (Wildman–Crippen MR) is 499 cm³/mol. The molecule has 0 saturated heterocycles. The molecule has 132 heavy (non-hydrogen) atoms. The Labute approximate surface area is 770 Å². The van der Waals surface area contributed by atoms with Crippen LogP contribution in [-0.2, 0) is 19.0 Å². The van der Waals surface area contributed by atoms with Crippen LogP contribution in [0, 0.1) is 18.8 Å². The number of pyridine rings is 5. The van der Waals surface area contributed by atoms with Crippen LogP contribution in [0.1, 0.15) is 187 Å². The van der Waals surface area contributed by atoms with E-state index in [2.05, 4.69) is 216 Å². The van der Waals surface area contributed by atoms with Gasteiger partial charge in [0.25, 0.3) is 11.8 Å². The van der Waals surface area contributed by atoms with Crippen molar-refractivity contribution in [2.75, 3.05) is 13.2 Å². The van der Waals surface area contributed by atoms with Gasteiger partial charge < -0.3 is 41.6 Å². The largest absolute Gasteiger partial charge is 0.490 e. The number of hydrogen-bond donors (Lipinski definition) is 1. The number of benzene rings is 6. The summed E-state index contributed by atoms with van der Waals surface area (Å²) in [4.78, 5) is 50.0. The Morgan fingerprint density at radius 1 is 0.417 bits per heavy atom. The van der Waals surface area contributed by atoms with Gasteiger partial charge in [0.05, 0.1) is 36.5 Å². The molecule has 3 unspecified atom stereocenters. The normalized spacial score (nSPS) is 12.6. The van der Waals surface area contributed by atoms with Gasteiger partial charge in [0.2, 0.25) is 58.5 Å². The van der Waals surface area contributed by atoms with Crippen molar-refractivity contribution in [1.29, 1.82) is 0 Å². The van der Waals surface area contributed by atoms with Crippen LogP contribution in [0.5, 0.6) is 11.5 Å². The van der Waals surface area contributed by atoms with Gasteiger partial charge in [0.1, 0.15) is 0 Å². The first-order valence-corrected chi connectivity index (χ1v) is 44.6. The van der Waals surface area contributed by atoms with Crippen molar-refractivity contribution in [3.63, 3.8) is 0 Å². The predicted octanol–water partition coefficient (Wildman–Crippen LogP) is 25.4. The van der Waals surface area contributed by atoms with Gasteiger partial charge in [-0.15, -0.1) is 0 Å². The molecule has 19 rings (SSSR count). The lowest BCUT2D eigenvalue weighted by Gasteiger charge is -2.17. The Morgan fingerprint density at radius 3 is 1.44 bits per heavy atom. The van der Waals surface area contributed by atoms with Gasteiger partial charge in [-0.25, -0.2) is 0 Å². The minimum Gasteiger partial charge on any atom is -0.490 e. The fourth-order valence-corrected chi connectivity index (χ4v) is 15.2. The van der Waals surface area contributed by atoms with Crippen molar-refractivity contribution in [3.05, 3.63) is 329 Å². The SMILES string of the molecule is CC(C)Cc1ccc(C(C)c2nc(-c3ccncc3)no2)cc1.CCC(c1ccccc1)c1nc(-c2ccncc2)no1.CCOc1ccc(-c2nc(-c3cccc4[nH]ccc34)no2)cc1OCC.Cc1cnccc1-c1noc(C(C)c2ccc(CC(C)C)cc2)n1.FC(F)(F)c1cc(Br)cc(-c2nc(-c3ccncc3)no2)c1.c1cc(-c2noc(C3CCCCC3)n2)ccn1. The second-order valence-corrected chi connectivity index (χ2v) is 33.0. The van der Waals surface area contributed by atoms with E-state index in [4.69, 9.17) is 36.6 Å². The Kier molecular flexibility index (Phi) is 32.2. The lowest BCUT2D eigenvalue weighted by molar-refractivity contribution is -0.137. The van der Waals surface area contributed by atoms with Gasteiger partial charge in [-0.1, -0.05) is 192 Å². The molecule has 12 heterocycles. The first kappa shape index (κ1) is 93.5. The summed E-state index contributed by atoms with van der Waals surface area (Å²) < 4.78 is 82.4. The Morgan fingerprint density at radius 2 is 0.894 bits per heavy atom. The van der Waals surface area contributed by atoms with Crippen molar-refractivity contribution in [3.8, 4) is 103 Å². The van der Waals surface area contributed by atoms with E-state index in [1.807, 2.05) is 136 Å². The standard InChI is InChI=1S/C20H19N3O3.C20H23N3O.C19H21N3O.C16H15N3O.C14H7BrF3N3O.C13H15N3O/c1-3-24-17-9-8-13(12-18(17)25-4-2)20-22-19(23-26-20)15-6-5-7-16-14(15)10-11-21-16;1-13(2)11-16-5-7-17(8-6-16)15(4)20-22-19(23-24-20)18-9-10-21-12-14(18)3;1-13(2)12-15-4-6-16(7-5-15)14(3)19-21-18(22-23-19)17-8-10-20-11-9-17;1-2-14(12-6-4-3-5-7-12)16-18-15(19-20-16)13-8-10-17-11-9-13;15-11-6-9(5-10(7-11)14(16,17)18)13-20-12(21-22-13)8-1-3-19-4-2-8;1-2-4-11(5-3-1)13-15-12(16-17-13)10-6-8-14-9-7-10/h5-12,21H,3-4H2,1-2H3;5-10,12-13,15H,11H2,1-4H3;4-11,13-14H,12H2,1-3H3;3-11,14H,2H2,1H3;1-7H;6-9,11H,1-5H2. The van der Waals surface area contributed by atoms with Gasteiger partial charge in [0.15, 0.2) is 11.5 Å². The van der Waals surface area contributed by atoms with Crippen molar-refractivity contribution in [2.24, 2.45) is 11.8 Å². The third-order valence-corrected chi connectivity index (χ3v) is 22.0. The molecule has 0 bridgehead atoms. The maximum absolute atomic E-state index is 12.8. The topological polar surface area (TPSA) is 332 Å². The number of aromatic amines is 1. The third kappa shape index (κ3) is 25.0. The van der Waals surface area contributed by atoms with Crippen LogP contribution in [0.2, 0.25) is 0 Å². The van der Waals surface area contributed by atoms with Gasteiger partial charge in [0, 0.05) is 134 Å². The molecule has 674 valence electrons. The van der Waals surface area contributed by atoms with E-state index < -0.39 is 11.7 Å². The number of aromatic nitrogens is 18. The molecule has 6 aromatic carbocycles. The fraction of sp³-hybridized carbons (Fsp3) is 0.265. The van der Waals surface area contributed by atoms with Crippen LogP contribution in [0.25, 0.3) is 102 Å². The molecule has 0 radical (unpaired) electrons. The average molecular weight is 1840 g/mol. The van der Waals surface area contributed by atoms with Crippen LogP contribution in [-0.4, -0.2) is 104 Å². The highest BCUT2D eigenvalue weighted by Gasteiger charge is 2.32. The van der Waals surface area contributed by atoms with E-state index in [1.165, 1.54) is 66.0 Å². The summed E-state index contributed by atoms with van der Waals surface area (Å²) >= 11 is 3.06. The molecule has 30 heteroatoms. The van der Waals surface area contributed by atoms with Gasteiger partial charge in [-0.05, 0) is 215 Å². The number of rotatable bonds is 24. The number of H-pyrrole nitrogens is 1. The second-order valence-electron chi connectivity index (χ2n) is 32.1. The smallest absolute Gasteiger partial charge is 0.416 e. The van der Waals surface area contributed by atoms with E-state index in [1.54, 1.807) is 67.9 Å². The number of alkyl halides is 3. The van der Waals surface area contributed by atoms with E-state index in [-0.39, 0.29) is 39.5 Å². The van der Waals surface area contributed by atoms with Gasteiger partial charge in [-0.3, -0.25) is 24.9 Å². The zero-order chi connectivity index (χ0) is 92.3. The molecule has 1 N–H and O–H groups in total. The average Bonchev–Trinajstić information content (AvgIpc) is 1.63. The Hall–Kier alpha value is -14.7. The summed E-state index contributed by atoms with van der Waals surface area (Å²) in [5.41, 5.74) is 13.9. The monoisotopic (exact) mass is 1840 g/mol. The molecule has 0 spiro atoms. The zero-order valence-corrected chi connectivity index (χ0v) is 76.3. The summed E-state index contributed by atoms with van der Waals surface area (Å²) in [6.45, 7) is 22.2. The molecule has 1 aliphatic rings. The zero-order valence-electron chi connectivity index (χ0n) is 74.7. The lowest BCUT2D eigenvalue weighted by atomic mass is 9.89. The minimum atomic E-state index is -4.45. The number of nitrogens with zero attached hydrogens (tertiary/aromatic N) is 17. The third-order valence-electron chi connectivity index (χ3n) is 21.6. The van der Waals surface area contributed by atoms with Crippen molar-refractivity contribution >= 4 is 26.8 Å². The molecule has 1 fully saturated rings. The molecular weight excluding hydrogens is 1740 g/mol. The van der Waals surface area contributed by atoms with E-state index in [9.17, 15) is 13.2 Å². The van der Waals surface area contributed by atoms with Crippen LogP contribution >= 0.6 is 15.9 Å². The molecule has 0 amide bonds. The number of hydrogen-bond acceptors (Lipinski definition) is 25. The molecule has 3 atom stereocenters. The van der Waals surface area contributed by atoms with Crippen LogP contribution in [0.15, 0.2) is 294 Å². The molecule has 1 saturated carbocycles. The molecule has 18 aromatic rings. The molecule has 0 aliphatic heterocycles. The molecule has 26 nitrogen and oxygen atoms in total. The highest BCUT2D eigenvalue weighted by atomic mass is 79.9. The molecular formula is C102H100BrF3N18O8. The van der Waals surface area contributed by atoms with Gasteiger partial charge >= 0.3 is 6.18 Å². The summed E-state index contributed by atoms with van der Waals surface area (Å²) in [5.74, 6) is 9.97. The second kappa shape index (κ2) is 45.5. The maximum atomic E-state index is 12.8. The minimum absolute atomic E-state index is 0.0126. The Bertz CT molecular complexity index is 6570. The van der Waals surface area contributed by atoms with Crippen molar-refractivity contribution in [1.82, 2.24) is 90.7 Å². The highest BCUT2D eigenvalue weighted by molar-refractivity contribution is 9.10. The highest BCUT2D eigenvalue weighted by Crippen LogP contribution is 2.39. The number of fused-ring (bicyclic) bond motifs is 1. The molecule has 1 aliphatic carbocycles. The summed E-state index contributed by atoms with van der Waals surface area (Å²) in [5, 5.41) is 25.3. The maximum Gasteiger partial charge on any atom is 0.416 e. The first-order chi connectivity index (χ1) is 64.2. The number of nitrogens with one attached hydrogen (secondary N) is 1. The van der Waals surface area contributed by atoms with E-state index >= 15 is 0 Å². The number of ether oxygens (including phenoxy) is 2.